The summed E-state index contributed by atoms with van der Waals surface area (Å²) in [4.78, 5) is 38.8. The number of fused-ring (bicyclic) bond motifs is 1. The van der Waals surface area contributed by atoms with Crippen LogP contribution in [0.1, 0.15) is 49.1 Å². The normalized spacial score (nSPS) is 12.8. The van der Waals surface area contributed by atoms with Crippen molar-refractivity contribution in [3.05, 3.63) is 101 Å². The van der Waals surface area contributed by atoms with Crippen molar-refractivity contribution in [3.8, 4) is 0 Å². The number of anilines is 1. The summed E-state index contributed by atoms with van der Waals surface area (Å²) in [6.45, 7) is 2.74. The molecule has 0 saturated carbocycles. The fourth-order valence-electron chi connectivity index (χ4n) is 3.64. The Morgan fingerprint density at radius 1 is 0.800 bits per heavy atom. The molecule has 0 saturated heterocycles. The highest BCUT2D eigenvalue weighted by Crippen LogP contribution is 2.21. The molecule has 3 aromatic carbocycles. The number of benzene rings is 3. The van der Waals surface area contributed by atoms with Crippen LogP contribution in [0.15, 0.2) is 72.8 Å². The minimum absolute atomic E-state index is 0.0283. The predicted octanol–water partition coefficient (Wildman–Crippen LogP) is 4.34. The van der Waals surface area contributed by atoms with E-state index in [0.29, 0.717) is 35.5 Å². The van der Waals surface area contributed by atoms with E-state index < -0.39 is 0 Å². The van der Waals surface area contributed by atoms with Gasteiger partial charge in [0.25, 0.3) is 11.8 Å². The van der Waals surface area contributed by atoms with E-state index in [0.717, 1.165) is 6.42 Å². The number of ketones is 1. The Labute approximate surface area is 175 Å². The standard InChI is InChI=1S/C25H22N2O3/c1-17(28)18-9-11-23(12-10-18)26-24(29)20-7-4-8-21(15-20)25(30)27-14-13-19-5-2-3-6-22(19)16-27/h2-12,15H,13-14,16H2,1H3,(H,26,29). The van der Waals surface area contributed by atoms with Crippen molar-refractivity contribution in [1.82, 2.24) is 4.90 Å². The van der Waals surface area contributed by atoms with Crippen LogP contribution in [0.4, 0.5) is 5.69 Å². The minimum atomic E-state index is -0.302. The van der Waals surface area contributed by atoms with Crippen molar-refractivity contribution < 1.29 is 14.4 Å². The van der Waals surface area contributed by atoms with Crippen molar-refractivity contribution in [2.45, 2.75) is 19.9 Å². The lowest BCUT2D eigenvalue weighted by Crippen LogP contribution is -2.36. The first-order valence-electron chi connectivity index (χ1n) is 9.90. The number of carbonyl (C=O) groups is 3. The summed E-state index contributed by atoms with van der Waals surface area (Å²) in [6, 6.07) is 21.7. The minimum Gasteiger partial charge on any atom is -0.334 e. The first-order valence-corrected chi connectivity index (χ1v) is 9.90. The van der Waals surface area contributed by atoms with Crippen LogP contribution in [0.2, 0.25) is 0 Å². The molecule has 0 aliphatic carbocycles. The second-order valence-corrected chi connectivity index (χ2v) is 7.41. The molecule has 3 aromatic rings. The van der Waals surface area contributed by atoms with Gasteiger partial charge in [-0.3, -0.25) is 14.4 Å². The number of nitrogens with zero attached hydrogens (tertiary/aromatic N) is 1. The molecule has 1 aliphatic rings. The van der Waals surface area contributed by atoms with E-state index in [1.807, 2.05) is 17.0 Å². The predicted molar refractivity (Wildman–Crippen MR) is 116 cm³/mol. The third kappa shape index (κ3) is 4.15. The van der Waals surface area contributed by atoms with Gasteiger partial charge in [0.2, 0.25) is 0 Å². The topological polar surface area (TPSA) is 66.5 Å². The van der Waals surface area contributed by atoms with E-state index in [2.05, 4.69) is 17.4 Å². The van der Waals surface area contributed by atoms with E-state index in [1.165, 1.54) is 18.1 Å². The number of nitrogens with one attached hydrogen (secondary N) is 1. The third-order valence-electron chi connectivity index (χ3n) is 5.34. The molecule has 5 heteroatoms. The van der Waals surface area contributed by atoms with Gasteiger partial charge in [0, 0.05) is 35.5 Å². The summed E-state index contributed by atoms with van der Waals surface area (Å²) in [5, 5.41) is 2.81. The van der Waals surface area contributed by atoms with Crippen LogP contribution >= 0.6 is 0 Å². The molecule has 1 aliphatic heterocycles. The van der Waals surface area contributed by atoms with Crippen molar-refractivity contribution in [2.24, 2.45) is 0 Å². The average molecular weight is 398 g/mol. The van der Waals surface area contributed by atoms with Crippen LogP contribution in [0, 0.1) is 0 Å². The van der Waals surface area contributed by atoms with Gasteiger partial charge in [0.15, 0.2) is 5.78 Å². The number of hydrogen-bond acceptors (Lipinski definition) is 3. The Balaban J connectivity index is 1.47. The van der Waals surface area contributed by atoms with Crippen LogP contribution in [0.5, 0.6) is 0 Å². The van der Waals surface area contributed by atoms with Crippen LogP contribution in [0.3, 0.4) is 0 Å². The van der Waals surface area contributed by atoms with Gasteiger partial charge in [-0.25, -0.2) is 0 Å². The van der Waals surface area contributed by atoms with Gasteiger partial charge >= 0.3 is 0 Å². The maximum Gasteiger partial charge on any atom is 0.255 e. The second-order valence-electron chi connectivity index (χ2n) is 7.41. The summed E-state index contributed by atoms with van der Waals surface area (Å²) >= 11 is 0. The Hall–Kier alpha value is -3.73. The molecule has 1 heterocycles. The van der Waals surface area contributed by atoms with Crippen LogP contribution in [-0.2, 0) is 13.0 Å². The molecule has 5 nitrogen and oxygen atoms in total. The average Bonchev–Trinajstić information content (AvgIpc) is 2.78. The lowest BCUT2D eigenvalue weighted by atomic mass is 9.99. The lowest BCUT2D eigenvalue weighted by molar-refractivity contribution is 0.0734. The molecule has 2 amide bonds. The Bertz CT molecular complexity index is 1120. The molecular weight excluding hydrogens is 376 g/mol. The third-order valence-corrected chi connectivity index (χ3v) is 5.34. The van der Waals surface area contributed by atoms with Crippen LogP contribution < -0.4 is 5.32 Å². The molecule has 0 fully saturated rings. The van der Waals surface area contributed by atoms with Gasteiger partial charge in [-0.1, -0.05) is 30.3 Å². The summed E-state index contributed by atoms with van der Waals surface area (Å²) < 4.78 is 0. The smallest absolute Gasteiger partial charge is 0.255 e. The van der Waals surface area contributed by atoms with Gasteiger partial charge in [0.1, 0.15) is 0 Å². The Kier molecular flexibility index (Phi) is 5.44. The zero-order valence-electron chi connectivity index (χ0n) is 16.7. The fraction of sp³-hybridized carbons (Fsp3) is 0.160. The van der Waals surface area contributed by atoms with Crippen LogP contribution in [0.25, 0.3) is 0 Å². The van der Waals surface area contributed by atoms with Gasteiger partial charge in [-0.15, -0.1) is 0 Å². The molecule has 0 bridgehead atoms. The summed E-state index contributed by atoms with van der Waals surface area (Å²) in [5.74, 6) is -0.409. The summed E-state index contributed by atoms with van der Waals surface area (Å²) in [6.07, 6.45) is 0.832. The van der Waals surface area contributed by atoms with Gasteiger partial charge in [-0.05, 0) is 66.9 Å². The lowest BCUT2D eigenvalue weighted by Gasteiger charge is -2.29. The highest BCUT2D eigenvalue weighted by atomic mass is 16.2. The molecule has 30 heavy (non-hydrogen) atoms. The maximum absolute atomic E-state index is 13.0. The van der Waals surface area contributed by atoms with Crippen LogP contribution in [-0.4, -0.2) is 29.0 Å². The number of carbonyl (C=O) groups excluding carboxylic acids is 3. The second kappa shape index (κ2) is 8.33. The molecule has 1 N–H and O–H groups in total. The van der Waals surface area contributed by atoms with E-state index >= 15 is 0 Å². The number of hydrogen-bond donors (Lipinski definition) is 1. The molecule has 4 rings (SSSR count). The summed E-state index contributed by atoms with van der Waals surface area (Å²) in [7, 11) is 0. The maximum atomic E-state index is 13.0. The first-order chi connectivity index (χ1) is 14.5. The van der Waals surface area contributed by atoms with Gasteiger partial charge in [0.05, 0.1) is 0 Å². The molecule has 0 atom stereocenters. The number of Topliss-reactive ketones (excluding diaryl/α,β-unsaturated/α-hetero) is 1. The molecule has 0 aromatic heterocycles. The van der Waals surface area contributed by atoms with E-state index in [4.69, 9.17) is 0 Å². The van der Waals surface area contributed by atoms with E-state index in [-0.39, 0.29) is 17.6 Å². The van der Waals surface area contributed by atoms with Gasteiger partial charge in [-0.2, -0.15) is 0 Å². The molecule has 0 radical (unpaired) electrons. The van der Waals surface area contributed by atoms with Gasteiger partial charge < -0.3 is 10.2 Å². The van der Waals surface area contributed by atoms with Crippen molar-refractivity contribution in [2.75, 3.05) is 11.9 Å². The van der Waals surface area contributed by atoms with Crippen molar-refractivity contribution in [1.29, 1.82) is 0 Å². The largest absolute Gasteiger partial charge is 0.334 e. The quantitative estimate of drug-likeness (QED) is 0.665. The SMILES string of the molecule is CC(=O)c1ccc(NC(=O)c2cccc(C(=O)N3CCc4ccccc4C3)c2)cc1. The fourth-order valence-corrected chi connectivity index (χ4v) is 3.64. The molecular formula is C25H22N2O3. The molecule has 150 valence electrons. The zero-order chi connectivity index (χ0) is 21.1. The van der Waals surface area contributed by atoms with Crippen molar-refractivity contribution in [3.63, 3.8) is 0 Å². The molecule has 0 unspecified atom stereocenters. The zero-order valence-corrected chi connectivity index (χ0v) is 16.7. The van der Waals surface area contributed by atoms with E-state index in [9.17, 15) is 14.4 Å². The highest BCUT2D eigenvalue weighted by molar-refractivity contribution is 6.06. The number of amides is 2. The summed E-state index contributed by atoms with van der Waals surface area (Å²) in [5.41, 5.74) is 4.53. The monoisotopic (exact) mass is 398 g/mol. The molecule has 0 spiro atoms. The van der Waals surface area contributed by atoms with E-state index in [1.54, 1.807) is 48.5 Å². The highest BCUT2D eigenvalue weighted by Gasteiger charge is 2.22. The Morgan fingerprint density at radius 2 is 1.50 bits per heavy atom. The number of rotatable bonds is 4. The Morgan fingerprint density at radius 3 is 2.23 bits per heavy atom. The van der Waals surface area contributed by atoms with Crippen molar-refractivity contribution >= 4 is 23.3 Å². The first kappa shape index (κ1) is 19.6.